The molecule has 3 N–H and O–H groups in total. The number of hydrogen-bond acceptors (Lipinski definition) is 4. The third-order valence-corrected chi connectivity index (χ3v) is 4.19. The summed E-state index contributed by atoms with van der Waals surface area (Å²) in [6.07, 6.45) is 1.95. The Morgan fingerprint density at radius 3 is 2.50 bits per heavy atom. The van der Waals surface area contributed by atoms with E-state index in [1.807, 2.05) is 0 Å². The van der Waals surface area contributed by atoms with Gasteiger partial charge in [-0.15, -0.1) is 11.8 Å². The summed E-state index contributed by atoms with van der Waals surface area (Å²) in [5, 5.41) is 15.1. The summed E-state index contributed by atoms with van der Waals surface area (Å²) in [5.41, 5.74) is 0.258. The molecule has 20 heavy (non-hydrogen) atoms. The zero-order valence-electron chi connectivity index (χ0n) is 11.1. The van der Waals surface area contributed by atoms with Gasteiger partial charge in [0.2, 0.25) is 5.91 Å². The maximum atomic E-state index is 11.8. The van der Waals surface area contributed by atoms with Crippen LogP contribution in [0.1, 0.15) is 23.2 Å². The number of nitrogens with one attached hydrogen (secondary N) is 2. The number of aromatic carboxylic acids is 1. The second-order valence-corrected chi connectivity index (χ2v) is 5.76. The van der Waals surface area contributed by atoms with Crippen LogP contribution in [0.4, 0.5) is 0 Å². The Labute approximate surface area is 122 Å². The number of thioether (sulfide) groups is 1. The quantitative estimate of drug-likeness (QED) is 0.714. The number of carbonyl (C=O) groups is 2. The van der Waals surface area contributed by atoms with E-state index >= 15 is 0 Å². The first-order chi connectivity index (χ1) is 9.65. The van der Waals surface area contributed by atoms with Gasteiger partial charge in [-0.3, -0.25) is 4.79 Å². The molecule has 0 aromatic heterocycles. The first-order valence-corrected chi connectivity index (χ1v) is 7.60. The predicted molar refractivity (Wildman–Crippen MR) is 78.2 cm³/mol. The number of rotatable bonds is 5. The third-order valence-electron chi connectivity index (χ3n) is 3.18. The number of carbonyl (C=O) groups excluding carboxylic acids is 1. The number of amides is 1. The van der Waals surface area contributed by atoms with E-state index in [4.69, 9.17) is 5.11 Å². The zero-order valence-corrected chi connectivity index (χ0v) is 11.9. The van der Waals surface area contributed by atoms with Crippen molar-refractivity contribution in [1.82, 2.24) is 10.6 Å². The second-order valence-electron chi connectivity index (χ2n) is 4.71. The minimum Gasteiger partial charge on any atom is -0.478 e. The lowest BCUT2D eigenvalue weighted by molar-refractivity contribution is -0.119. The smallest absolute Gasteiger partial charge is 0.335 e. The number of piperidine rings is 1. The van der Waals surface area contributed by atoms with Gasteiger partial charge in [0.15, 0.2) is 0 Å². The number of hydrogen-bond donors (Lipinski definition) is 3. The monoisotopic (exact) mass is 294 g/mol. The van der Waals surface area contributed by atoms with Crippen molar-refractivity contribution < 1.29 is 14.7 Å². The van der Waals surface area contributed by atoms with Crippen molar-refractivity contribution in [3.63, 3.8) is 0 Å². The summed E-state index contributed by atoms with van der Waals surface area (Å²) < 4.78 is 0. The molecule has 1 aromatic carbocycles. The van der Waals surface area contributed by atoms with Crippen molar-refractivity contribution in [2.75, 3.05) is 18.8 Å². The Bertz CT molecular complexity index is 470. The topological polar surface area (TPSA) is 78.4 Å². The van der Waals surface area contributed by atoms with Crippen molar-refractivity contribution in [3.8, 4) is 0 Å². The zero-order chi connectivity index (χ0) is 14.4. The largest absolute Gasteiger partial charge is 0.478 e. The van der Waals surface area contributed by atoms with E-state index in [0.717, 1.165) is 30.8 Å². The van der Waals surface area contributed by atoms with Gasteiger partial charge < -0.3 is 15.7 Å². The van der Waals surface area contributed by atoms with Gasteiger partial charge >= 0.3 is 5.97 Å². The number of carboxylic acid groups (broad SMARTS) is 1. The molecule has 0 saturated carbocycles. The van der Waals surface area contributed by atoms with Crippen LogP contribution in [0.25, 0.3) is 0 Å². The van der Waals surface area contributed by atoms with Gasteiger partial charge in [-0.05, 0) is 50.2 Å². The van der Waals surface area contributed by atoms with Crippen molar-refractivity contribution >= 4 is 23.6 Å². The highest BCUT2D eigenvalue weighted by Gasteiger charge is 2.15. The van der Waals surface area contributed by atoms with Gasteiger partial charge in [0.05, 0.1) is 11.3 Å². The van der Waals surface area contributed by atoms with Crippen molar-refractivity contribution in [3.05, 3.63) is 29.8 Å². The molecule has 108 valence electrons. The van der Waals surface area contributed by atoms with E-state index in [1.54, 1.807) is 24.3 Å². The van der Waals surface area contributed by atoms with E-state index in [1.165, 1.54) is 11.8 Å². The lowest BCUT2D eigenvalue weighted by atomic mass is 10.1. The van der Waals surface area contributed by atoms with Crippen LogP contribution in [0.3, 0.4) is 0 Å². The lowest BCUT2D eigenvalue weighted by Gasteiger charge is -2.23. The first-order valence-electron chi connectivity index (χ1n) is 6.61. The van der Waals surface area contributed by atoms with Crippen LogP contribution in [0.5, 0.6) is 0 Å². The summed E-state index contributed by atoms with van der Waals surface area (Å²) in [7, 11) is 0. The van der Waals surface area contributed by atoms with Crippen LogP contribution >= 0.6 is 11.8 Å². The van der Waals surface area contributed by atoms with E-state index in [0.29, 0.717) is 5.75 Å². The molecule has 0 bridgehead atoms. The number of carboxylic acids is 1. The molecule has 1 aliphatic rings. The highest BCUT2D eigenvalue weighted by Crippen LogP contribution is 2.18. The third kappa shape index (κ3) is 4.54. The molecule has 1 fully saturated rings. The van der Waals surface area contributed by atoms with Crippen LogP contribution in [-0.4, -0.2) is 41.9 Å². The number of benzene rings is 1. The Hall–Kier alpha value is -1.53. The molecule has 6 heteroatoms. The van der Waals surface area contributed by atoms with Gasteiger partial charge in [-0.25, -0.2) is 4.79 Å². The fourth-order valence-electron chi connectivity index (χ4n) is 2.08. The minimum atomic E-state index is -0.940. The summed E-state index contributed by atoms with van der Waals surface area (Å²) in [4.78, 5) is 23.4. The van der Waals surface area contributed by atoms with E-state index in [-0.39, 0.29) is 17.5 Å². The second kappa shape index (κ2) is 7.31. The fraction of sp³-hybridized carbons (Fsp3) is 0.429. The van der Waals surface area contributed by atoms with Crippen LogP contribution in [0.15, 0.2) is 29.2 Å². The minimum absolute atomic E-state index is 0.0317. The van der Waals surface area contributed by atoms with Gasteiger partial charge in [0, 0.05) is 10.9 Å². The molecule has 0 radical (unpaired) electrons. The van der Waals surface area contributed by atoms with E-state index in [2.05, 4.69) is 10.6 Å². The fourth-order valence-corrected chi connectivity index (χ4v) is 2.79. The standard InChI is InChI=1S/C14H18N2O3S/c17-13(16-11-5-7-15-8-6-11)9-20-12-3-1-10(2-4-12)14(18)19/h1-4,11,15H,5-9H2,(H,16,17)(H,18,19). The lowest BCUT2D eigenvalue weighted by Crippen LogP contribution is -2.43. The summed E-state index contributed by atoms with van der Waals surface area (Å²) >= 11 is 1.42. The maximum Gasteiger partial charge on any atom is 0.335 e. The van der Waals surface area contributed by atoms with Gasteiger partial charge in [-0.1, -0.05) is 0 Å². The molecule has 5 nitrogen and oxygen atoms in total. The highest BCUT2D eigenvalue weighted by atomic mass is 32.2. The average molecular weight is 294 g/mol. The van der Waals surface area contributed by atoms with Gasteiger partial charge in [0.1, 0.15) is 0 Å². The van der Waals surface area contributed by atoms with Crippen LogP contribution < -0.4 is 10.6 Å². The maximum absolute atomic E-state index is 11.8. The molecular weight excluding hydrogens is 276 g/mol. The van der Waals surface area contributed by atoms with Crippen LogP contribution in [-0.2, 0) is 4.79 Å². The Balaban J connectivity index is 1.76. The molecule has 1 saturated heterocycles. The molecule has 0 unspecified atom stereocenters. The molecular formula is C14H18N2O3S. The summed E-state index contributed by atoms with van der Waals surface area (Å²) in [6, 6.07) is 6.83. The molecule has 0 atom stereocenters. The molecule has 2 rings (SSSR count). The first kappa shape index (κ1) is 14.9. The Kier molecular flexibility index (Phi) is 5.43. The molecule has 1 amide bonds. The van der Waals surface area contributed by atoms with Crippen molar-refractivity contribution in [1.29, 1.82) is 0 Å². The molecule has 1 aliphatic heterocycles. The van der Waals surface area contributed by atoms with E-state index in [9.17, 15) is 9.59 Å². The predicted octanol–water partition coefficient (Wildman–Crippen LogP) is 1.35. The van der Waals surface area contributed by atoms with Crippen molar-refractivity contribution in [2.24, 2.45) is 0 Å². The van der Waals surface area contributed by atoms with E-state index < -0.39 is 5.97 Å². The van der Waals surface area contributed by atoms with Gasteiger partial charge in [0.25, 0.3) is 0 Å². The van der Waals surface area contributed by atoms with Crippen LogP contribution in [0, 0.1) is 0 Å². The Morgan fingerprint density at radius 2 is 1.90 bits per heavy atom. The van der Waals surface area contributed by atoms with Crippen LogP contribution in [0.2, 0.25) is 0 Å². The average Bonchev–Trinajstić information content (AvgIpc) is 2.46. The molecule has 1 heterocycles. The molecule has 0 spiro atoms. The highest BCUT2D eigenvalue weighted by molar-refractivity contribution is 8.00. The SMILES string of the molecule is O=C(CSc1ccc(C(=O)O)cc1)NC1CCNCC1. The molecule has 0 aliphatic carbocycles. The molecule has 1 aromatic rings. The Morgan fingerprint density at radius 1 is 1.25 bits per heavy atom. The van der Waals surface area contributed by atoms with Gasteiger partial charge in [-0.2, -0.15) is 0 Å². The summed E-state index contributed by atoms with van der Waals surface area (Å²) in [5.74, 6) is -0.550. The van der Waals surface area contributed by atoms with Crippen molar-refractivity contribution in [2.45, 2.75) is 23.8 Å². The summed E-state index contributed by atoms with van der Waals surface area (Å²) in [6.45, 7) is 1.91. The normalized spacial score (nSPS) is 15.8.